The molecule has 0 atom stereocenters. The van der Waals surface area contributed by atoms with Crippen LogP contribution >= 0.6 is 0 Å². The van der Waals surface area contributed by atoms with Crippen LogP contribution in [0.25, 0.3) is 0 Å². The summed E-state index contributed by atoms with van der Waals surface area (Å²) in [4.78, 5) is 23.2. The molecule has 3 rings (SSSR count). The molecular formula is C19H25N5O2. The summed E-state index contributed by atoms with van der Waals surface area (Å²) < 4.78 is 5.41. The number of benzene rings is 1. The van der Waals surface area contributed by atoms with Gasteiger partial charge in [0.15, 0.2) is 0 Å². The average molecular weight is 355 g/mol. The second-order valence-corrected chi connectivity index (χ2v) is 6.15. The summed E-state index contributed by atoms with van der Waals surface area (Å²) in [5, 5.41) is 6.12. The number of carbonyl (C=O) groups excluding carboxylic acids is 1. The van der Waals surface area contributed by atoms with Gasteiger partial charge in [0, 0.05) is 32.0 Å². The Bertz CT molecular complexity index is 714. The van der Waals surface area contributed by atoms with Crippen molar-refractivity contribution in [1.29, 1.82) is 0 Å². The summed E-state index contributed by atoms with van der Waals surface area (Å²) in [5.41, 5.74) is 2.22. The Balaban J connectivity index is 1.66. The third-order valence-electron chi connectivity index (χ3n) is 4.23. The van der Waals surface area contributed by atoms with Gasteiger partial charge >= 0.3 is 0 Å². The van der Waals surface area contributed by atoms with Crippen molar-refractivity contribution in [3.63, 3.8) is 0 Å². The highest BCUT2D eigenvalue weighted by molar-refractivity contribution is 6.05. The lowest BCUT2D eigenvalue weighted by Gasteiger charge is -2.30. The molecule has 1 aromatic carbocycles. The third-order valence-corrected chi connectivity index (χ3v) is 4.23. The number of hydrogen-bond acceptors (Lipinski definition) is 6. The number of hydrogen-bond donors (Lipinski definition) is 2. The molecular weight excluding hydrogens is 330 g/mol. The highest BCUT2D eigenvalue weighted by atomic mass is 16.5. The topological polar surface area (TPSA) is 79.4 Å². The molecule has 2 aromatic rings. The minimum atomic E-state index is -0.217. The predicted octanol–water partition coefficient (Wildman–Crippen LogP) is 2.78. The van der Waals surface area contributed by atoms with Gasteiger partial charge in [-0.05, 0) is 18.6 Å². The molecule has 0 bridgehead atoms. The van der Waals surface area contributed by atoms with Crippen LogP contribution in [-0.4, -0.2) is 48.7 Å². The zero-order valence-electron chi connectivity index (χ0n) is 15.1. The van der Waals surface area contributed by atoms with Crippen molar-refractivity contribution >= 4 is 23.2 Å². The Morgan fingerprint density at radius 2 is 1.92 bits per heavy atom. The normalized spacial score (nSPS) is 14.1. The second-order valence-electron chi connectivity index (χ2n) is 6.15. The smallest absolute Gasteiger partial charge is 0.258 e. The van der Waals surface area contributed by atoms with E-state index in [1.807, 2.05) is 24.3 Å². The lowest BCUT2D eigenvalue weighted by molar-refractivity contribution is 0.102. The van der Waals surface area contributed by atoms with Crippen molar-refractivity contribution in [2.75, 3.05) is 48.4 Å². The molecule has 1 aliphatic rings. The zero-order valence-corrected chi connectivity index (χ0v) is 15.1. The average Bonchev–Trinajstić information content (AvgIpc) is 2.70. The molecule has 1 amide bonds. The summed E-state index contributed by atoms with van der Waals surface area (Å²) in [6.07, 6.45) is 5.27. The number of unbranched alkanes of at least 4 members (excludes halogenated alkanes) is 1. The quantitative estimate of drug-likeness (QED) is 0.744. The first-order chi connectivity index (χ1) is 12.8. The van der Waals surface area contributed by atoms with Crippen molar-refractivity contribution in [1.82, 2.24) is 9.97 Å². The van der Waals surface area contributed by atoms with Gasteiger partial charge in [0.05, 0.1) is 30.2 Å². The number of morpholine rings is 1. The van der Waals surface area contributed by atoms with E-state index in [0.717, 1.165) is 43.9 Å². The van der Waals surface area contributed by atoms with E-state index in [2.05, 4.69) is 32.4 Å². The van der Waals surface area contributed by atoms with Crippen LogP contribution in [0, 0.1) is 0 Å². The van der Waals surface area contributed by atoms with Gasteiger partial charge in [-0.3, -0.25) is 4.79 Å². The van der Waals surface area contributed by atoms with E-state index in [1.54, 1.807) is 12.4 Å². The summed E-state index contributed by atoms with van der Waals surface area (Å²) in [6.45, 7) is 5.98. The Labute approximate surface area is 153 Å². The van der Waals surface area contributed by atoms with Gasteiger partial charge in [-0.2, -0.15) is 0 Å². The summed E-state index contributed by atoms with van der Waals surface area (Å²) >= 11 is 0. The molecule has 0 saturated carbocycles. The molecule has 1 aromatic heterocycles. The molecule has 0 unspecified atom stereocenters. The minimum absolute atomic E-state index is 0.217. The van der Waals surface area contributed by atoms with Gasteiger partial charge < -0.3 is 20.3 Å². The monoisotopic (exact) mass is 355 g/mol. The molecule has 0 spiro atoms. The fourth-order valence-electron chi connectivity index (χ4n) is 2.77. The summed E-state index contributed by atoms with van der Waals surface area (Å²) in [6, 6.07) is 7.81. The first-order valence-corrected chi connectivity index (χ1v) is 9.07. The van der Waals surface area contributed by atoms with Gasteiger partial charge in [0.25, 0.3) is 5.91 Å². The number of ether oxygens (including phenoxy) is 1. The molecule has 1 aliphatic heterocycles. The van der Waals surface area contributed by atoms with Crippen molar-refractivity contribution in [2.45, 2.75) is 19.8 Å². The largest absolute Gasteiger partial charge is 0.378 e. The van der Waals surface area contributed by atoms with Gasteiger partial charge in [0.2, 0.25) is 5.95 Å². The maximum absolute atomic E-state index is 12.6. The van der Waals surface area contributed by atoms with E-state index in [4.69, 9.17) is 4.74 Å². The lowest BCUT2D eigenvalue weighted by atomic mass is 10.2. The number of amides is 1. The molecule has 7 nitrogen and oxygen atoms in total. The maximum Gasteiger partial charge on any atom is 0.258 e. The Morgan fingerprint density at radius 3 is 2.65 bits per heavy atom. The maximum atomic E-state index is 12.6. The molecule has 2 N–H and O–H groups in total. The fraction of sp³-hybridized carbons (Fsp3) is 0.421. The number of anilines is 3. The van der Waals surface area contributed by atoms with Crippen LogP contribution in [0.1, 0.15) is 30.1 Å². The van der Waals surface area contributed by atoms with Crippen LogP contribution in [0.3, 0.4) is 0 Å². The van der Waals surface area contributed by atoms with Crippen molar-refractivity contribution in [2.24, 2.45) is 0 Å². The number of aromatic nitrogens is 2. The van der Waals surface area contributed by atoms with Gasteiger partial charge in [-0.25, -0.2) is 9.97 Å². The molecule has 2 heterocycles. The highest BCUT2D eigenvalue weighted by Gasteiger charge is 2.16. The van der Waals surface area contributed by atoms with E-state index in [-0.39, 0.29) is 5.91 Å². The van der Waals surface area contributed by atoms with Crippen LogP contribution < -0.4 is 15.5 Å². The van der Waals surface area contributed by atoms with Crippen molar-refractivity contribution in [3.8, 4) is 0 Å². The standard InChI is InChI=1S/C19H25N5O2/c1-2-3-8-20-19-21-13-15(14-22-19)18(25)23-16-6-4-5-7-17(16)24-9-11-26-12-10-24/h4-7,13-14H,2-3,8-12H2,1H3,(H,23,25)(H,20,21,22). The fourth-order valence-corrected chi connectivity index (χ4v) is 2.77. The van der Waals surface area contributed by atoms with E-state index in [1.165, 1.54) is 0 Å². The Hall–Kier alpha value is -2.67. The molecule has 0 aliphatic carbocycles. The number of carbonyl (C=O) groups is 1. The van der Waals surface area contributed by atoms with Crippen molar-refractivity contribution in [3.05, 3.63) is 42.2 Å². The second kappa shape index (κ2) is 9.15. The predicted molar refractivity (Wildman–Crippen MR) is 103 cm³/mol. The van der Waals surface area contributed by atoms with Gasteiger partial charge in [-0.1, -0.05) is 25.5 Å². The van der Waals surface area contributed by atoms with Crippen molar-refractivity contribution < 1.29 is 9.53 Å². The van der Waals surface area contributed by atoms with Gasteiger partial charge in [-0.15, -0.1) is 0 Å². The minimum Gasteiger partial charge on any atom is -0.378 e. The number of nitrogens with one attached hydrogen (secondary N) is 2. The first kappa shape index (κ1) is 18.1. The SMILES string of the molecule is CCCCNc1ncc(C(=O)Nc2ccccc2N2CCOCC2)cn1. The molecule has 138 valence electrons. The summed E-state index contributed by atoms with van der Waals surface area (Å²) in [7, 11) is 0. The van der Waals surface area contributed by atoms with Gasteiger partial charge in [0.1, 0.15) is 0 Å². The molecule has 1 saturated heterocycles. The molecule has 7 heteroatoms. The third kappa shape index (κ3) is 4.70. The lowest BCUT2D eigenvalue weighted by Crippen LogP contribution is -2.36. The molecule has 26 heavy (non-hydrogen) atoms. The van der Waals surface area contributed by atoms with Crippen LogP contribution in [-0.2, 0) is 4.74 Å². The van der Waals surface area contributed by atoms with Crippen LogP contribution in [0.15, 0.2) is 36.7 Å². The van der Waals surface area contributed by atoms with E-state index >= 15 is 0 Å². The number of para-hydroxylation sites is 2. The van der Waals surface area contributed by atoms with Crippen LogP contribution in [0.4, 0.5) is 17.3 Å². The Kier molecular flexibility index (Phi) is 6.38. The molecule has 1 fully saturated rings. The van der Waals surface area contributed by atoms with E-state index in [0.29, 0.717) is 24.7 Å². The number of nitrogens with zero attached hydrogens (tertiary/aromatic N) is 3. The van der Waals surface area contributed by atoms with Crippen LogP contribution in [0.5, 0.6) is 0 Å². The zero-order chi connectivity index (χ0) is 18.2. The highest BCUT2D eigenvalue weighted by Crippen LogP contribution is 2.26. The number of rotatable bonds is 7. The Morgan fingerprint density at radius 1 is 1.19 bits per heavy atom. The van der Waals surface area contributed by atoms with E-state index < -0.39 is 0 Å². The summed E-state index contributed by atoms with van der Waals surface area (Å²) in [5.74, 6) is 0.328. The van der Waals surface area contributed by atoms with E-state index in [9.17, 15) is 4.79 Å². The first-order valence-electron chi connectivity index (χ1n) is 9.07. The van der Waals surface area contributed by atoms with Crippen LogP contribution in [0.2, 0.25) is 0 Å². The molecule has 0 radical (unpaired) electrons.